The summed E-state index contributed by atoms with van der Waals surface area (Å²) >= 11 is 0. The Balaban J connectivity index is 1.70. The Hall–Kier alpha value is -1.71. The number of hydrogen-bond acceptors (Lipinski definition) is 5. The van der Waals surface area contributed by atoms with Crippen LogP contribution in [0.2, 0.25) is 0 Å². The molecule has 7 nitrogen and oxygen atoms in total. The van der Waals surface area contributed by atoms with Crippen LogP contribution in [0.25, 0.3) is 0 Å². The summed E-state index contributed by atoms with van der Waals surface area (Å²) in [4.78, 5) is 12.1. The minimum Gasteiger partial charge on any atom is -0.378 e. The number of carbonyl (C=O) groups excluding carboxylic acids is 1. The third-order valence-electron chi connectivity index (χ3n) is 4.03. The Morgan fingerprint density at radius 1 is 1.46 bits per heavy atom. The van der Waals surface area contributed by atoms with Crippen LogP contribution >= 0.6 is 0 Å². The highest BCUT2D eigenvalue weighted by atomic mass is 32.2. The van der Waals surface area contributed by atoms with Gasteiger partial charge in [0.05, 0.1) is 24.7 Å². The summed E-state index contributed by atoms with van der Waals surface area (Å²) in [5.41, 5.74) is 0.347. The maximum absolute atomic E-state index is 14.0. The molecule has 24 heavy (non-hydrogen) atoms. The molecule has 2 aliphatic rings. The quantitative estimate of drug-likeness (QED) is 0.828. The third kappa shape index (κ3) is 3.85. The van der Waals surface area contributed by atoms with Crippen molar-refractivity contribution >= 4 is 27.3 Å². The van der Waals surface area contributed by atoms with Gasteiger partial charge in [-0.05, 0) is 24.6 Å². The lowest BCUT2D eigenvalue weighted by atomic mass is 10.2. The van der Waals surface area contributed by atoms with Crippen molar-refractivity contribution in [3.05, 3.63) is 24.0 Å². The van der Waals surface area contributed by atoms with E-state index in [0.717, 1.165) is 4.31 Å². The Labute approximate surface area is 140 Å². The molecule has 2 heterocycles. The molecular formula is C15H20FN3O4S. The molecule has 0 aromatic heterocycles. The van der Waals surface area contributed by atoms with Gasteiger partial charge in [-0.3, -0.25) is 9.10 Å². The van der Waals surface area contributed by atoms with Crippen LogP contribution in [0.1, 0.15) is 12.8 Å². The maximum atomic E-state index is 14.0. The third-order valence-corrected chi connectivity index (χ3v) is 5.88. The molecule has 2 saturated heterocycles. The van der Waals surface area contributed by atoms with Crippen LogP contribution in [-0.4, -0.2) is 52.4 Å². The highest BCUT2D eigenvalue weighted by molar-refractivity contribution is 7.93. The molecule has 0 aliphatic carbocycles. The van der Waals surface area contributed by atoms with Crippen molar-refractivity contribution in [2.45, 2.75) is 18.9 Å². The first-order valence-electron chi connectivity index (χ1n) is 7.87. The second kappa shape index (κ2) is 7.04. The predicted molar refractivity (Wildman–Crippen MR) is 88.0 cm³/mol. The molecule has 0 saturated carbocycles. The van der Waals surface area contributed by atoms with E-state index in [4.69, 9.17) is 4.74 Å². The summed E-state index contributed by atoms with van der Waals surface area (Å²) < 4.78 is 44.3. The van der Waals surface area contributed by atoms with E-state index in [1.165, 1.54) is 18.2 Å². The number of sulfonamides is 1. The van der Waals surface area contributed by atoms with Gasteiger partial charge in [0, 0.05) is 31.2 Å². The summed E-state index contributed by atoms with van der Waals surface area (Å²) in [6, 6.07) is 3.89. The Morgan fingerprint density at radius 3 is 2.96 bits per heavy atom. The summed E-state index contributed by atoms with van der Waals surface area (Å²) in [5.74, 6) is -0.850. The molecular weight excluding hydrogens is 337 g/mol. The molecule has 1 atom stereocenters. The fraction of sp³-hybridized carbons (Fsp3) is 0.533. The molecule has 2 fully saturated rings. The minimum atomic E-state index is -3.48. The van der Waals surface area contributed by atoms with Crippen molar-refractivity contribution in [2.75, 3.05) is 41.7 Å². The van der Waals surface area contributed by atoms with E-state index in [0.29, 0.717) is 31.9 Å². The number of morpholine rings is 1. The van der Waals surface area contributed by atoms with Crippen molar-refractivity contribution in [2.24, 2.45) is 0 Å². The lowest BCUT2D eigenvalue weighted by molar-refractivity contribution is -0.117. The number of hydrogen-bond donors (Lipinski definition) is 2. The van der Waals surface area contributed by atoms with Crippen molar-refractivity contribution in [3.63, 3.8) is 0 Å². The van der Waals surface area contributed by atoms with Crippen LogP contribution in [0.15, 0.2) is 18.2 Å². The number of ether oxygens (including phenoxy) is 1. The van der Waals surface area contributed by atoms with Gasteiger partial charge in [-0.25, -0.2) is 12.8 Å². The summed E-state index contributed by atoms with van der Waals surface area (Å²) in [5, 5.41) is 5.86. The molecule has 0 spiro atoms. The molecule has 1 aromatic carbocycles. The van der Waals surface area contributed by atoms with Crippen molar-refractivity contribution in [1.82, 2.24) is 5.32 Å². The Morgan fingerprint density at radius 2 is 2.29 bits per heavy atom. The number of amides is 1. The standard InChI is InChI=1S/C15H20FN3O4S/c16-13-3-2-11(8-14(13)19-5-1-7-24(19,21)22)18-15(20)9-12-10-23-6-4-17-12/h2-3,8,12,17H,1,4-7,9-10H2,(H,18,20). The number of anilines is 2. The largest absolute Gasteiger partial charge is 0.378 e. The van der Waals surface area contributed by atoms with Gasteiger partial charge in [0.2, 0.25) is 15.9 Å². The van der Waals surface area contributed by atoms with Crippen LogP contribution < -0.4 is 14.9 Å². The minimum absolute atomic E-state index is 0.0103. The molecule has 2 N–H and O–H groups in total. The molecule has 0 radical (unpaired) electrons. The van der Waals surface area contributed by atoms with Gasteiger partial charge >= 0.3 is 0 Å². The topological polar surface area (TPSA) is 87.7 Å². The van der Waals surface area contributed by atoms with Gasteiger partial charge in [0.15, 0.2) is 0 Å². The Bertz CT molecular complexity index is 719. The zero-order valence-electron chi connectivity index (χ0n) is 13.1. The SMILES string of the molecule is O=C(CC1COCCN1)Nc1ccc(F)c(N2CCCS2(=O)=O)c1. The van der Waals surface area contributed by atoms with Gasteiger partial charge in [-0.15, -0.1) is 0 Å². The molecule has 1 unspecified atom stereocenters. The normalized spacial score (nSPS) is 23.2. The molecule has 1 aromatic rings. The van der Waals surface area contributed by atoms with Crippen molar-refractivity contribution in [3.8, 4) is 0 Å². The van der Waals surface area contributed by atoms with E-state index in [-0.39, 0.29) is 36.4 Å². The van der Waals surface area contributed by atoms with Gasteiger partial charge in [0.1, 0.15) is 5.82 Å². The average Bonchev–Trinajstić information content (AvgIpc) is 2.89. The second-order valence-electron chi connectivity index (χ2n) is 5.89. The number of halogens is 1. The first-order chi connectivity index (χ1) is 11.5. The van der Waals surface area contributed by atoms with Crippen LogP contribution in [0.4, 0.5) is 15.8 Å². The van der Waals surface area contributed by atoms with Gasteiger partial charge in [-0.1, -0.05) is 0 Å². The Kier molecular flexibility index (Phi) is 5.02. The number of carbonyl (C=O) groups is 1. The lowest BCUT2D eigenvalue weighted by Gasteiger charge is -2.23. The van der Waals surface area contributed by atoms with Crippen molar-refractivity contribution < 1.29 is 22.3 Å². The fourth-order valence-corrected chi connectivity index (χ4v) is 4.44. The first-order valence-corrected chi connectivity index (χ1v) is 9.47. The van der Waals surface area contributed by atoms with E-state index in [9.17, 15) is 17.6 Å². The average molecular weight is 357 g/mol. The van der Waals surface area contributed by atoms with Gasteiger partial charge in [-0.2, -0.15) is 0 Å². The van der Waals surface area contributed by atoms with Crippen LogP contribution in [0.3, 0.4) is 0 Å². The highest BCUT2D eigenvalue weighted by Crippen LogP contribution is 2.29. The van der Waals surface area contributed by atoms with Crippen LogP contribution in [0.5, 0.6) is 0 Å². The second-order valence-corrected chi connectivity index (χ2v) is 7.90. The molecule has 0 bridgehead atoms. The summed E-state index contributed by atoms with van der Waals surface area (Å²) in [6.45, 7) is 2.04. The zero-order valence-corrected chi connectivity index (χ0v) is 13.9. The maximum Gasteiger partial charge on any atom is 0.235 e. The smallest absolute Gasteiger partial charge is 0.235 e. The number of benzene rings is 1. The predicted octanol–water partition coefficient (Wildman–Crippen LogP) is 0.683. The van der Waals surface area contributed by atoms with E-state index >= 15 is 0 Å². The number of nitrogens with one attached hydrogen (secondary N) is 2. The van der Waals surface area contributed by atoms with Crippen molar-refractivity contribution in [1.29, 1.82) is 0 Å². The van der Waals surface area contributed by atoms with E-state index < -0.39 is 15.8 Å². The number of rotatable bonds is 4. The lowest BCUT2D eigenvalue weighted by Crippen LogP contribution is -2.43. The monoisotopic (exact) mass is 357 g/mol. The van der Waals surface area contributed by atoms with E-state index in [2.05, 4.69) is 10.6 Å². The van der Waals surface area contributed by atoms with Crippen LogP contribution in [0, 0.1) is 5.82 Å². The summed E-state index contributed by atoms with van der Waals surface area (Å²) in [7, 11) is -3.48. The van der Waals surface area contributed by atoms with Gasteiger partial charge < -0.3 is 15.4 Å². The first kappa shape index (κ1) is 17.1. The zero-order chi connectivity index (χ0) is 17.2. The summed E-state index contributed by atoms with van der Waals surface area (Å²) in [6.07, 6.45) is 0.695. The molecule has 2 aliphatic heterocycles. The van der Waals surface area contributed by atoms with E-state index in [1.54, 1.807) is 0 Å². The van der Waals surface area contributed by atoms with Crippen LogP contribution in [-0.2, 0) is 19.6 Å². The molecule has 9 heteroatoms. The highest BCUT2D eigenvalue weighted by Gasteiger charge is 2.30. The molecule has 132 valence electrons. The van der Waals surface area contributed by atoms with Gasteiger partial charge in [0.25, 0.3) is 0 Å². The fourth-order valence-electron chi connectivity index (χ4n) is 2.88. The number of nitrogens with zero attached hydrogens (tertiary/aromatic N) is 1. The molecule has 1 amide bonds. The van der Waals surface area contributed by atoms with E-state index in [1.807, 2.05) is 0 Å². The molecule has 3 rings (SSSR count).